The summed E-state index contributed by atoms with van der Waals surface area (Å²) in [7, 11) is 0. The number of amides is 2. The molecule has 2 aliphatic rings. The second kappa shape index (κ2) is 9.74. The Balaban J connectivity index is 1.92. The van der Waals surface area contributed by atoms with Crippen molar-refractivity contribution in [1.82, 2.24) is 9.80 Å². The fraction of sp³-hybridized carbons (Fsp3) is 0.231. The van der Waals surface area contributed by atoms with Crippen LogP contribution < -0.4 is 0 Å². The van der Waals surface area contributed by atoms with E-state index in [4.69, 9.17) is 9.47 Å². The maximum atomic E-state index is 13.7. The lowest BCUT2D eigenvalue weighted by atomic mass is 10.0. The number of ether oxygens (including phenoxy) is 2. The number of esters is 2. The molecule has 2 heterocycles. The monoisotopic (exact) mass is 460 g/mol. The summed E-state index contributed by atoms with van der Waals surface area (Å²) in [5, 5.41) is 0. The predicted molar refractivity (Wildman–Crippen MR) is 123 cm³/mol. The van der Waals surface area contributed by atoms with Crippen molar-refractivity contribution in [1.29, 1.82) is 0 Å². The third-order valence-electron chi connectivity index (χ3n) is 5.46. The first-order chi connectivity index (χ1) is 16.5. The van der Waals surface area contributed by atoms with Crippen molar-refractivity contribution in [3.8, 4) is 0 Å². The van der Waals surface area contributed by atoms with Crippen LogP contribution >= 0.6 is 0 Å². The molecule has 0 N–H and O–H groups in total. The van der Waals surface area contributed by atoms with Crippen LogP contribution in [0.4, 0.5) is 0 Å². The van der Waals surface area contributed by atoms with Gasteiger partial charge in [0.1, 0.15) is 13.1 Å². The smallest absolute Gasteiger partial charge is 0.326 e. The Kier molecular flexibility index (Phi) is 6.58. The average Bonchev–Trinajstić information content (AvgIpc) is 3.27. The maximum absolute atomic E-state index is 13.7. The molecule has 0 atom stereocenters. The van der Waals surface area contributed by atoms with Gasteiger partial charge in [0, 0.05) is 0 Å². The van der Waals surface area contributed by atoms with E-state index in [0.717, 1.165) is 0 Å². The van der Waals surface area contributed by atoms with Crippen LogP contribution in [0.5, 0.6) is 0 Å². The molecule has 0 aromatic heterocycles. The molecule has 174 valence electrons. The van der Waals surface area contributed by atoms with Gasteiger partial charge in [0.2, 0.25) is 0 Å². The van der Waals surface area contributed by atoms with Gasteiger partial charge in [-0.15, -0.1) is 0 Å². The molecule has 2 aliphatic heterocycles. The molecular formula is C26H24N2O6. The lowest BCUT2D eigenvalue weighted by molar-refractivity contribution is -0.146. The van der Waals surface area contributed by atoms with Crippen molar-refractivity contribution >= 4 is 35.1 Å². The Morgan fingerprint density at radius 1 is 0.647 bits per heavy atom. The molecule has 0 aliphatic carbocycles. The second-order valence-corrected chi connectivity index (χ2v) is 7.57. The highest BCUT2D eigenvalue weighted by molar-refractivity contribution is 6.30. The van der Waals surface area contributed by atoms with Gasteiger partial charge in [0.05, 0.1) is 35.8 Å². The minimum Gasteiger partial charge on any atom is -0.465 e. The summed E-state index contributed by atoms with van der Waals surface area (Å²) < 4.78 is 10.1. The van der Waals surface area contributed by atoms with Crippen LogP contribution in [0.25, 0.3) is 11.4 Å². The van der Waals surface area contributed by atoms with E-state index >= 15 is 0 Å². The average molecular weight is 460 g/mol. The van der Waals surface area contributed by atoms with Crippen LogP contribution in [0.1, 0.15) is 25.0 Å². The summed E-state index contributed by atoms with van der Waals surface area (Å²) in [5.74, 6) is -2.16. The second-order valence-electron chi connectivity index (χ2n) is 7.57. The van der Waals surface area contributed by atoms with Crippen molar-refractivity contribution < 1.29 is 28.7 Å². The van der Waals surface area contributed by atoms with Crippen molar-refractivity contribution in [3.05, 3.63) is 82.9 Å². The zero-order valence-corrected chi connectivity index (χ0v) is 18.9. The van der Waals surface area contributed by atoms with Crippen LogP contribution in [0.15, 0.2) is 71.8 Å². The van der Waals surface area contributed by atoms with E-state index in [1.54, 1.807) is 62.4 Å². The van der Waals surface area contributed by atoms with Crippen LogP contribution in [-0.4, -0.2) is 59.9 Å². The number of nitrogens with zero attached hydrogens (tertiary/aromatic N) is 2. The molecule has 8 heteroatoms. The van der Waals surface area contributed by atoms with Gasteiger partial charge in [0.25, 0.3) is 11.8 Å². The van der Waals surface area contributed by atoms with E-state index in [1.807, 2.05) is 12.1 Å². The Hall–Kier alpha value is -4.20. The largest absolute Gasteiger partial charge is 0.465 e. The standard InChI is InChI=1S/C26H24N2O6/c1-3-33-19(29)15-27-23(17-11-7-5-8-12-17)21-22(25(27)31)24(18-13-9-6-10-14-18)28(26(21)32)16-20(30)34-4-2/h5-14H,3-4,15-16H2,1-2H3. The Morgan fingerprint density at radius 3 is 1.32 bits per heavy atom. The number of benzene rings is 2. The molecule has 2 aromatic rings. The van der Waals surface area contributed by atoms with Gasteiger partial charge in [-0.2, -0.15) is 0 Å². The van der Waals surface area contributed by atoms with Gasteiger partial charge in [-0.25, -0.2) is 0 Å². The van der Waals surface area contributed by atoms with Crippen LogP contribution in [0.3, 0.4) is 0 Å². The molecule has 8 nitrogen and oxygen atoms in total. The molecule has 4 rings (SSSR count). The van der Waals surface area contributed by atoms with Gasteiger partial charge in [-0.3, -0.25) is 29.0 Å². The van der Waals surface area contributed by atoms with Crippen molar-refractivity contribution in [2.24, 2.45) is 0 Å². The van der Waals surface area contributed by atoms with Crippen LogP contribution in [-0.2, 0) is 28.7 Å². The van der Waals surface area contributed by atoms with E-state index in [9.17, 15) is 19.2 Å². The van der Waals surface area contributed by atoms with E-state index in [1.165, 1.54) is 9.80 Å². The number of hydrogen-bond acceptors (Lipinski definition) is 6. The Morgan fingerprint density at radius 2 is 1.00 bits per heavy atom. The molecule has 0 unspecified atom stereocenters. The molecule has 34 heavy (non-hydrogen) atoms. The predicted octanol–water partition coefficient (Wildman–Crippen LogP) is 2.62. The van der Waals surface area contributed by atoms with Crippen LogP contribution in [0, 0.1) is 0 Å². The SMILES string of the molecule is CCOC(=O)CN1C(=O)C2=C(c3ccccc3)N(CC(=O)OCC)C(=O)C2=C1c1ccccc1. The van der Waals surface area contributed by atoms with Gasteiger partial charge >= 0.3 is 11.9 Å². The molecule has 0 fully saturated rings. The lowest BCUT2D eigenvalue weighted by Gasteiger charge is -2.24. The van der Waals surface area contributed by atoms with Crippen molar-refractivity contribution in [2.45, 2.75) is 13.8 Å². The number of carbonyl (C=O) groups is 4. The molecule has 0 radical (unpaired) electrons. The van der Waals surface area contributed by atoms with E-state index < -0.39 is 23.8 Å². The Bertz CT molecular complexity index is 1100. The molecule has 0 bridgehead atoms. The van der Waals surface area contributed by atoms with E-state index in [2.05, 4.69) is 0 Å². The molecule has 2 aromatic carbocycles. The maximum Gasteiger partial charge on any atom is 0.326 e. The van der Waals surface area contributed by atoms with Crippen molar-refractivity contribution in [2.75, 3.05) is 26.3 Å². The molecular weight excluding hydrogens is 436 g/mol. The topological polar surface area (TPSA) is 93.2 Å². The highest BCUT2D eigenvalue weighted by Gasteiger charge is 2.49. The van der Waals surface area contributed by atoms with E-state index in [-0.39, 0.29) is 37.4 Å². The first-order valence-electron chi connectivity index (χ1n) is 11.0. The molecule has 2 amide bonds. The fourth-order valence-electron chi connectivity index (χ4n) is 4.16. The summed E-state index contributed by atoms with van der Waals surface area (Å²) in [6.45, 7) is 3.03. The van der Waals surface area contributed by atoms with Gasteiger partial charge in [0.15, 0.2) is 0 Å². The zero-order valence-electron chi connectivity index (χ0n) is 18.9. The molecule has 0 saturated heterocycles. The first-order valence-corrected chi connectivity index (χ1v) is 11.0. The highest BCUT2D eigenvalue weighted by Crippen LogP contribution is 2.46. The number of carbonyl (C=O) groups excluding carboxylic acids is 4. The third-order valence-corrected chi connectivity index (χ3v) is 5.46. The zero-order chi connectivity index (χ0) is 24.2. The summed E-state index contributed by atoms with van der Waals surface area (Å²) in [5.41, 5.74) is 2.15. The van der Waals surface area contributed by atoms with Crippen molar-refractivity contribution in [3.63, 3.8) is 0 Å². The minimum absolute atomic E-state index is 0.156. The van der Waals surface area contributed by atoms with E-state index in [0.29, 0.717) is 22.5 Å². The number of hydrogen-bond donors (Lipinski definition) is 0. The summed E-state index contributed by atoms with van der Waals surface area (Å²) in [4.78, 5) is 54.7. The third kappa shape index (κ3) is 4.10. The minimum atomic E-state index is -0.581. The Labute approximate surface area is 197 Å². The molecule has 0 spiro atoms. The summed E-state index contributed by atoms with van der Waals surface area (Å²) in [6.07, 6.45) is 0. The quantitative estimate of drug-likeness (QED) is 0.563. The first kappa shape index (κ1) is 23.0. The van der Waals surface area contributed by atoms with Gasteiger partial charge in [-0.1, -0.05) is 60.7 Å². The van der Waals surface area contributed by atoms with Gasteiger partial charge < -0.3 is 9.47 Å². The normalized spacial score (nSPS) is 15.2. The number of rotatable bonds is 8. The highest BCUT2D eigenvalue weighted by atomic mass is 16.5. The lowest BCUT2D eigenvalue weighted by Crippen LogP contribution is -2.35. The number of fused-ring (bicyclic) bond motifs is 1. The van der Waals surface area contributed by atoms with Crippen LogP contribution in [0.2, 0.25) is 0 Å². The summed E-state index contributed by atoms with van der Waals surface area (Å²) in [6, 6.07) is 17.8. The molecule has 0 saturated carbocycles. The summed E-state index contributed by atoms with van der Waals surface area (Å²) >= 11 is 0. The fourth-order valence-corrected chi connectivity index (χ4v) is 4.16. The van der Waals surface area contributed by atoms with Gasteiger partial charge in [-0.05, 0) is 25.0 Å².